The summed E-state index contributed by atoms with van der Waals surface area (Å²) < 4.78 is 5.98. The molecule has 1 aliphatic rings. The molecule has 3 aromatic carbocycles. The van der Waals surface area contributed by atoms with Gasteiger partial charge >= 0.3 is 0 Å². The Kier molecular flexibility index (Phi) is 8.08. The summed E-state index contributed by atoms with van der Waals surface area (Å²) in [5.74, 6) is 2.42. The number of fused-ring (bicyclic) bond motifs is 2. The Morgan fingerprint density at radius 3 is 2.61 bits per heavy atom. The summed E-state index contributed by atoms with van der Waals surface area (Å²) in [5.41, 5.74) is 8.14. The summed E-state index contributed by atoms with van der Waals surface area (Å²) in [4.78, 5) is 26.9. The first kappa shape index (κ1) is 27.9. The van der Waals surface area contributed by atoms with Crippen LogP contribution in [0.15, 0.2) is 113 Å². The molecule has 0 fully saturated rings. The van der Waals surface area contributed by atoms with Gasteiger partial charge in [-0.05, 0) is 83.6 Å². The maximum absolute atomic E-state index is 11.2. The molecule has 3 aromatic heterocycles. The fourth-order valence-electron chi connectivity index (χ4n) is 6.20. The first-order valence-corrected chi connectivity index (χ1v) is 15.1. The highest BCUT2D eigenvalue weighted by molar-refractivity contribution is 5.74. The molecule has 2 N–H and O–H groups in total. The second kappa shape index (κ2) is 12.8. The lowest BCUT2D eigenvalue weighted by Crippen LogP contribution is -2.31. The largest absolute Gasteiger partial charge is 0.460 e. The minimum Gasteiger partial charge on any atom is -0.460 e. The van der Waals surface area contributed by atoms with Crippen molar-refractivity contribution in [2.24, 2.45) is 5.18 Å². The number of para-hydroxylation sites is 2. The van der Waals surface area contributed by atoms with E-state index in [1.165, 1.54) is 22.4 Å². The van der Waals surface area contributed by atoms with Crippen molar-refractivity contribution < 1.29 is 4.42 Å². The standard InChI is InChI=1S/C36H34N6O2/c43-41-30-10-2-1-9-29(30)34-19-18-28(44-34)22-37-21-25-14-16-26(17-15-25)23-42(24-35-39-31-11-3-4-12-32(31)40-35)33-13-5-7-27-8-6-20-38-36(27)33/h1-4,6,8-12,14-20,33,37H,5,7,13,21-24H2,(H,39,40). The molecule has 1 aliphatic carbocycles. The summed E-state index contributed by atoms with van der Waals surface area (Å²) in [5, 5.41) is 6.58. The molecular formula is C36H34N6O2. The summed E-state index contributed by atoms with van der Waals surface area (Å²) in [6.45, 7) is 2.82. The summed E-state index contributed by atoms with van der Waals surface area (Å²) >= 11 is 0. The molecule has 0 amide bonds. The van der Waals surface area contributed by atoms with Crippen LogP contribution < -0.4 is 5.32 Å². The average molecular weight is 583 g/mol. The van der Waals surface area contributed by atoms with Crippen molar-refractivity contribution in [2.75, 3.05) is 0 Å². The molecule has 0 spiro atoms. The Hall–Kier alpha value is -4.92. The third-order valence-electron chi connectivity index (χ3n) is 8.36. The zero-order valence-electron chi connectivity index (χ0n) is 24.4. The van der Waals surface area contributed by atoms with Crippen molar-refractivity contribution in [1.82, 2.24) is 25.2 Å². The Balaban J connectivity index is 1.03. The van der Waals surface area contributed by atoms with Crippen molar-refractivity contribution in [3.8, 4) is 11.3 Å². The number of nitrogens with zero attached hydrogens (tertiary/aromatic N) is 4. The van der Waals surface area contributed by atoms with Gasteiger partial charge in [0, 0.05) is 24.8 Å². The van der Waals surface area contributed by atoms with Crippen molar-refractivity contribution in [1.29, 1.82) is 0 Å². The summed E-state index contributed by atoms with van der Waals surface area (Å²) in [6.07, 6.45) is 5.24. The van der Waals surface area contributed by atoms with E-state index in [9.17, 15) is 4.91 Å². The number of aromatic amines is 1. The number of nitroso groups, excluding NO2 is 1. The van der Waals surface area contributed by atoms with Crippen LogP contribution in [0.1, 0.15) is 52.9 Å². The fourth-order valence-corrected chi connectivity index (χ4v) is 6.20. The van der Waals surface area contributed by atoms with Crippen LogP contribution in [-0.4, -0.2) is 19.9 Å². The second-order valence-corrected chi connectivity index (χ2v) is 11.4. The van der Waals surface area contributed by atoms with Gasteiger partial charge in [-0.3, -0.25) is 9.88 Å². The van der Waals surface area contributed by atoms with E-state index >= 15 is 0 Å². The predicted molar refractivity (Wildman–Crippen MR) is 172 cm³/mol. The van der Waals surface area contributed by atoms with Gasteiger partial charge in [0.25, 0.3) is 0 Å². The molecule has 0 bridgehead atoms. The number of pyridine rings is 1. The molecule has 220 valence electrons. The summed E-state index contributed by atoms with van der Waals surface area (Å²) in [7, 11) is 0. The van der Waals surface area contributed by atoms with Gasteiger partial charge in [0.05, 0.1) is 35.9 Å². The first-order chi connectivity index (χ1) is 21.7. The van der Waals surface area contributed by atoms with Crippen LogP contribution >= 0.6 is 0 Å². The maximum atomic E-state index is 11.2. The number of H-pyrrole nitrogens is 1. The number of nitrogens with one attached hydrogen (secondary N) is 2. The molecule has 0 aliphatic heterocycles. The Labute approximate surface area is 256 Å². The Morgan fingerprint density at radius 2 is 1.73 bits per heavy atom. The van der Waals surface area contributed by atoms with Crippen molar-refractivity contribution in [3.63, 3.8) is 0 Å². The maximum Gasteiger partial charge on any atom is 0.136 e. The summed E-state index contributed by atoms with van der Waals surface area (Å²) in [6, 6.07) is 32.5. The van der Waals surface area contributed by atoms with E-state index in [0.29, 0.717) is 30.1 Å². The van der Waals surface area contributed by atoms with E-state index in [4.69, 9.17) is 14.4 Å². The van der Waals surface area contributed by atoms with E-state index in [0.717, 1.165) is 55.0 Å². The fraction of sp³-hybridized carbons (Fsp3) is 0.222. The number of hydrogen-bond donors (Lipinski definition) is 2. The monoisotopic (exact) mass is 582 g/mol. The predicted octanol–water partition coefficient (Wildman–Crippen LogP) is 7.99. The molecule has 44 heavy (non-hydrogen) atoms. The van der Waals surface area contributed by atoms with Crippen LogP contribution in [0.2, 0.25) is 0 Å². The van der Waals surface area contributed by atoms with Crippen LogP contribution in [-0.2, 0) is 32.6 Å². The lowest BCUT2D eigenvalue weighted by atomic mass is 9.90. The molecule has 0 radical (unpaired) electrons. The van der Waals surface area contributed by atoms with E-state index in [1.54, 1.807) is 12.1 Å². The molecule has 3 heterocycles. The molecule has 1 unspecified atom stereocenters. The van der Waals surface area contributed by atoms with Gasteiger partial charge in [-0.1, -0.05) is 54.6 Å². The van der Waals surface area contributed by atoms with Gasteiger partial charge in [0.1, 0.15) is 23.0 Å². The SMILES string of the molecule is O=Nc1ccccc1-c1ccc(CNCc2ccc(CN(Cc3nc4ccccc4[nH]3)C3CCCc4cccnc43)cc2)o1. The number of aromatic nitrogens is 3. The molecule has 8 nitrogen and oxygen atoms in total. The quantitative estimate of drug-likeness (QED) is 0.150. The number of imidazole rings is 1. The van der Waals surface area contributed by atoms with Gasteiger partial charge in [-0.15, -0.1) is 4.91 Å². The number of hydrogen-bond acceptors (Lipinski definition) is 7. The van der Waals surface area contributed by atoms with Gasteiger partial charge in [0.15, 0.2) is 0 Å². The smallest absolute Gasteiger partial charge is 0.136 e. The molecule has 0 saturated carbocycles. The number of aryl methyl sites for hydroxylation is 1. The minimum absolute atomic E-state index is 0.238. The highest BCUT2D eigenvalue weighted by atomic mass is 16.3. The van der Waals surface area contributed by atoms with Crippen LogP contribution in [0, 0.1) is 4.91 Å². The lowest BCUT2D eigenvalue weighted by molar-refractivity contribution is 0.153. The van der Waals surface area contributed by atoms with E-state index in [1.807, 2.05) is 48.7 Å². The van der Waals surface area contributed by atoms with Gasteiger partial charge < -0.3 is 14.7 Å². The Bertz CT molecular complexity index is 1840. The van der Waals surface area contributed by atoms with Gasteiger partial charge in [0.2, 0.25) is 0 Å². The molecule has 0 saturated heterocycles. The highest BCUT2D eigenvalue weighted by Gasteiger charge is 2.28. The normalized spacial score (nSPS) is 14.6. The first-order valence-electron chi connectivity index (χ1n) is 15.1. The minimum atomic E-state index is 0.238. The molecule has 6 aromatic rings. The third kappa shape index (κ3) is 6.08. The topological polar surface area (TPSA) is 99.4 Å². The third-order valence-corrected chi connectivity index (χ3v) is 8.36. The number of rotatable bonds is 11. The highest BCUT2D eigenvalue weighted by Crippen LogP contribution is 2.35. The van der Waals surface area contributed by atoms with E-state index in [2.05, 4.69) is 62.8 Å². The average Bonchev–Trinajstić information content (AvgIpc) is 3.72. The van der Waals surface area contributed by atoms with Crippen molar-refractivity contribution in [3.05, 3.63) is 142 Å². The zero-order chi connectivity index (χ0) is 29.7. The number of benzene rings is 3. The van der Waals surface area contributed by atoms with Crippen molar-refractivity contribution in [2.45, 2.75) is 51.5 Å². The van der Waals surface area contributed by atoms with Gasteiger partial charge in [-0.25, -0.2) is 4.98 Å². The second-order valence-electron chi connectivity index (χ2n) is 11.4. The van der Waals surface area contributed by atoms with Crippen LogP contribution in [0.25, 0.3) is 22.4 Å². The van der Waals surface area contributed by atoms with E-state index < -0.39 is 0 Å². The van der Waals surface area contributed by atoms with E-state index in [-0.39, 0.29) is 6.04 Å². The van der Waals surface area contributed by atoms with Crippen LogP contribution in [0.3, 0.4) is 0 Å². The molecule has 1 atom stereocenters. The molecule has 7 rings (SSSR count). The van der Waals surface area contributed by atoms with Gasteiger partial charge in [-0.2, -0.15) is 0 Å². The van der Waals surface area contributed by atoms with Crippen molar-refractivity contribution >= 4 is 16.7 Å². The lowest BCUT2D eigenvalue weighted by Gasteiger charge is -2.34. The van der Waals surface area contributed by atoms with Crippen LogP contribution in [0.4, 0.5) is 5.69 Å². The number of furan rings is 1. The molecular weight excluding hydrogens is 548 g/mol. The van der Waals surface area contributed by atoms with Crippen LogP contribution in [0.5, 0.6) is 0 Å². The molecule has 8 heteroatoms. The zero-order valence-corrected chi connectivity index (χ0v) is 24.4. The Morgan fingerprint density at radius 1 is 0.886 bits per heavy atom.